The van der Waals surface area contributed by atoms with Gasteiger partial charge in [-0.15, -0.1) is 0 Å². The molecule has 1 aromatic heterocycles. The van der Waals surface area contributed by atoms with E-state index in [2.05, 4.69) is 10.5 Å². The van der Waals surface area contributed by atoms with E-state index in [1.54, 1.807) is 19.9 Å². The molecule has 0 unspecified atom stereocenters. The van der Waals surface area contributed by atoms with Crippen molar-refractivity contribution >= 4 is 27.6 Å². The van der Waals surface area contributed by atoms with Crippen molar-refractivity contribution in [2.75, 3.05) is 31.6 Å². The first kappa shape index (κ1) is 21.9. The third kappa shape index (κ3) is 4.69. The lowest BCUT2D eigenvalue weighted by Gasteiger charge is -2.26. The largest absolute Gasteiger partial charge is 0.449 e. The van der Waals surface area contributed by atoms with E-state index in [4.69, 9.17) is 14.0 Å². The third-order valence-electron chi connectivity index (χ3n) is 4.60. The second-order valence-electron chi connectivity index (χ2n) is 6.78. The zero-order chi connectivity index (χ0) is 21.9. The molecule has 0 saturated carbocycles. The van der Waals surface area contributed by atoms with Gasteiger partial charge < -0.3 is 19.3 Å². The van der Waals surface area contributed by atoms with Gasteiger partial charge >= 0.3 is 5.97 Å². The predicted octanol–water partition coefficient (Wildman–Crippen LogP) is 1.50. The molecule has 1 aliphatic heterocycles. The van der Waals surface area contributed by atoms with Gasteiger partial charge in [0, 0.05) is 18.8 Å². The molecule has 1 saturated heterocycles. The summed E-state index contributed by atoms with van der Waals surface area (Å²) >= 11 is 0. The van der Waals surface area contributed by atoms with E-state index in [1.807, 2.05) is 0 Å². The number of carbonyl (C=O) groups excluding carboxylic acids is 2. The molecular weight excluding hydrogens is 414 g/mol. The van der Waals surface area contributed by atoms with Gasteiger partial charge in [0.25, 0.3) is 5.91 Å². The number of rotatable bonds is 6. The molecule has 10 nitrogen and oxygen atoms in total. The Balaban J connectivity index is 1.68. The highest BCUT2D eigenvalue weighted by Crippen LogP contribution is 2.21. The van der Waals surface area contributed by atoms with E-state index in [0.29, 0.717) is 24.7 Å². The summed E-state index contributed by atoms with van der Waals surface area (Å²) in [6.45, 7) is 5.80. The molecular formula is C19H23N3O7S. The molecule has 2 heterocycles. The molecule has 11 heteroatoms. The van der Waals surface area contributed by atoms with Gasteiger partial charge in [-0.3, -0.25) is 4.79 Å². The number of amides is 1. The van der Waals surface area contributed by atoms with Crippen molar-refractivity contribution in [3.8, 4) is 0 Å². The maximum atomic E-state index is 12.8. The lowest BCUT2D eigenvalue weighted by atomic mass is 10.2. The molecule has 1 atom stereocenters. The third-order valence-corrected chi connectivity index (χ3v) is 6.49. The number of nitrogens with zero attached hydrogens (tertiary/aromatic N) is 2. The van der Waals surface area contributed by atoms with Crippen molar-refractivity contribution in [1.82, 2.24) is 9.46 Å². The standard InChI is InChI=1S/C19H23N3O7S/c1-12-17(13(2)29-21-12)19(24)28-14(3)18(23)20-15-5-4-6-16(11-15)30(25,26)22-7-9-27-10-8-22/h4-6,11,14H,7-10H2,1-3H3,(H,20,23)/t14-/m0/s1. The van der Waals surface area contributed by atoms with E-state index in [-0.39, 0.29) is 29.2 Å². The van der Waals surface area contributed by atoms with Crippen molar-refractivity contribution in [2.45, 2.75) is 31.8 Å². The highest BCUT2D eigenvalue weighted by Gasteiger charge is 2.27. The predicted molar refractivity (Wildman–Crippen MR) is 106 cm³/mol. The first-order valence-corrected chi connectivity index (χ1v) is 10.8. The molecule has 3 rings (SSSR count). The van der Waals surface area contributed by atoms with E-state index >= 15 is 0 Å². The smallest absolute Gasteiger partial charge is 0.344 e. The number of anilines is 1. The fourth-order valence-electron chi connectivity index (χ4n) is 2.96. The molecule has 1 N–H and O–H groups in total. The molecule has 1 fully saturated rings. The number of nitrogens with one attached hydrogen (secondary N) is 1. The summed E-state index contributed by atoms with van der Waals surface area (Å²) in [6, 6.07) is 5.91. The van der Waals surface area contributed by atoms with Crippen LogP contribution in [0.5, 0.6) is 0 Å². The summed E-state index contributed by atoms with van der Waals surface area (Å²) in [5, 5.41) is 6.26. The van der Waals surface area contributed by atoms with Crippen molar-refractivity contribution in [3.63, 3.8) is 0 Å². The number of hydrogen-bond acceptors (Lipinski definition) is 8. The van der Waals surface area contributed by atoms with Crippen LogP contribution in [0.15, 0.2) is 33.7 Å². The molecule has 162 valence electrons. The van der Waals surface area contributed by atoms with Crippen molar-refractivity contribution in [2.24, 2.45) is 0 Å². The van der Waals surface area contributed by atoms with Gasteiger partial charge in [0.1, 0.15) is 11.3 Å². The van der Waals surface area contributed by atoms with E-state index in [9.17, 15) is 18.0 Å². The van der Waals surface area contributed by atoms with Gasteiger partial charge in [-0.05, 0) is 39.0 Å². The van der Waals surface area contributed by atoms with Gasteiger partial charge in [0.15, 0.2) is 6.10 Å². The average molecular weight is 437 g/mol. The van der Waals surface area contributed by atoms with E-state index in [1.165, 1.54) is 29.4 Å². The van der Waals surface area contributed by atoms with Crippen LogP contribution in [-0.4, -0.2) is 62.2 Å². The number of sulfonamides is 1. The van der Waals surface area contributed by atoms with Crippen LogP contribution in [-0.2, 0) is 24.3 Å². The maximum absolute atomic E-state index is 12.8. The van der Waals surface area contributed by atoms with Crippen LogP contribution in [0.3, 0.4) is 0 Å². The molecule has 1 amide bonds. The van der Waals surface area contributed by atoms with Crippen molar-refractivity contribution < 1.29 is 32.0 Å². The van der Waals surface area contributed by atoms with E-state index in [0.717, 1.165) is 0 Å². The van der Waals surface area contributed by atoms with Crippen LogP contribution in [0, 0.1) is 13.8 Å². The van der Waals surface area contributed by atoms with Gasteiger partial charge in [-0.25, -0.2) is 13.2 Å². The summed E-state index contributed by atoms with van der Waals surface area (Å²) in [5.41, 5.74) is 0.814. The Morgan fingerprint density at radius 1 is 1.23 bits per heavy atom. The fraction of sp³-hybridized carbons (Fsp3) is 0.421. The number of ether oxygens (including phenoxy) is 2. The SMILES string of the molecule is Cc1noc(C)c1C(=O)O[C@@H](C)C(=O)Nc1cccc(S(=O)(=O)N2CCOCC2)c1. The molecule has 1 aliphatic rings. The Labute approximate surface area is 174 Å². The number of benzene rings is 1. The molecule has 0 aliphatic carbocycles. The summed E-state index contributed by atoms with van der Waals surface area (Å²) < 4.78 is 42.2. The molecule has 0 radical (unpaired) electrons. The minimum Gasteiger partial charge on any atom is -0.449 e. The Kier molecular flexibility index (Phi) is 6.54. The highest BCUT2D eigenvalue weighted by atomic mass is 32.2. The number of aryl methyl sites for hydroxylation is 2. The zero-order valence-electron chi connectivity index (χ0n) is 16.9. The number of carbonyl (C=O) groups is 2. The summed E-state index contributed by atoms with van der Waals surface area (Å²) in [5.74, 6) is -1.03. The van der Waals surface area contributed by atoms with Crippen LogP contribution in [0.1, 0.15) is 28.7 Å². The van der Waals surface area contributed by atoms with Gasteiger partial charge in [0.05, 0.1) is 23.8 Å². The molecule has 1 aromatic carbocycles. The number of morpholine rings is 1. The monoisotopic (exact) mass is 437 g/mol. The van der Waals surface area contributed by atoms with Crippen molar-refractivity contribution in [1.29, 1.82) is 0 Å². The van der Waals surface area contributed by atoms with Gasteiger partial charge in [0.2, 0.25) is 10.0 Å². The summed E-state index contributed by atoms with van der Waals surface area (Å²) in [7, 11) is -3.70. The van der Waals surface area contributed by atoms with Crippen LogP contribution < -0.4 is 5.32 Å². The summed E-state index contributed by atoms with van der Waals surface area (Å²) in [6.07, 6.45) is -1.12. The van der Waals surface area contributed by atoms with Gasteiger partial charge in [-0.1, -0.05) is 11.2 Å². The van der Waals surface area contributed by atoms with Crippen molar-refractivity contribution in [3.05, 3.63) is 41.3 Å². The van der Waals surface area contributed by atoms with E-state index < -0.39 is 28.0 Å². The molecule has 2 aromatic rings. The van der Waals surface area contributed by atoms with Crippen LogP contribution in [0.2, 0.25) is 0 Å². The lowest BCUT2D eigenvalue weighted by Crippen LogP contribution is -2.40. The minimum atomic E-state index is -3.70. The quantitative estimate of drug-likeness (QED) is 0.674. The zero-order valence-corrected chi connectivity index (χ0v) is 17.7. The average Bonchev–Trinajstić information content (AvgIpc) is 3.07. The van der Waals surface area contributed by atoms with Crippen LogP contribution in [0.4, 0.5) is 5.69 Å². The van der Waals surface area contributed by atoms with Crippen LogP contribution >= 0.6 is 0 Å². The lowest BCUT2D eigenvalue weighted by molar-refractivity contribution is -0.123. The van der Waals surface area contributed by atoms with Crippen LogP contribution in [0.25, 0.3) is 0 Å². The Bertz CT molecular complexity index is 1020. The normalized spacial score (nSPS) is 16.1. The first-order chi connectivity index (χ1) is 14.2. The summed E-state index contributed by atoms with van der Waals surface area (Å²) in [4.78, 5) is 24.8. The molecule has 30 heavy (non-hydrogen) atoms. The second kappa shape index (κ2) is 8.94. The molecule has 0 bridgehead atoms. The maximum Gasteiger partial charge on any atom is 0.344 e. The highest BCUT2D eigenvalue weighted by molar-refractivity contribution is 7.89. The Morgan fingerprint density at radius 2 is 1.93 bits per heavy atom. The topological polar surface area (TPSA) is 128 Å². The molecule has 0 spiro atoms. The van der Waals surface area contributed by atoms with Gasteiger partial charge in [-0.2, -0.15) is 4.31 Å². The number of hydrogen-bond donors (Lipinski definition) is 1. The fourth-order valence-corrected chi connectivity index (χ4v) is 4.42. The first-order valence-electron chi connectivity index (χ1n) is 9.33. The second-order valence-corrected chi connectivity index (χ2v) is 8.72. The Morgan fingerprint density at radius 3 is 2.57 bits per heavy atom. The minimum absolute atomic E-state index is 0.0579. The number of esters is 1. The number of aromatic nitrogens is 1. The Hall–Kier alpha value is -2.76.